The normalized spacial score (nSPS) is 9.85. The molecule has 0 saturated heterocycles. The molecule has 0 bridgehead atoms. The highest BCUT2D eigenvalue weighted by atomic mass is 35.5. The Labute approximate surface area is 162 Å². The van der Waals surface area contributed by atoms with Crippen LogP contribution in [0.1, 0.15) is 12.0 Å². The molecule has 0 heterocycles. The fraction of sp³-hybridized carbons (Fsp3) is 0.158. The van der Waals surface area contributed by atoms with Crippen LogP contribution in [-0.2, 0) is 16.1 Å². The summed E-state index contributed by atoms with van der Waals surface area (Å²) in [5.74, 6) is 0.394. The standard InChI is InChI=1S/C19H20ClN3O4/c1-13(11-18(24)21-17-6-4-3-5-16(17)20)22-23-19(25)27-12-14-7-9-15(26-2)10-8-14/h3-10,22H,1,11-12H2,2H3,(H,21,24)(H,23,25). The maximum Gasteiger partial charge on any atom is 0.426 e. The number of hydrogen-bond donors (Lipinski definition) is 3. The van der Waals surface area contributed by atoms with Crippen molar-refractivity contribution in [2.45, 2.75) is 13.0 Å². The third-order valence-corrected chi connectivity index (χ3v) is 3.72. The molecular weight excluding hydrogens is 370 g/mol. The number of ether oxygens (including phenoxy) is 2. The van der Waals surface area contributed by atoms with Gasteiger partial charge < -0.3 is 20.2 Å². The van der Waals surface area contributed by atoms with E-state index in [2.05, 4.69) is 22.7 Å². The number of hydrazine groups is 1. The maximum atomic E-state index is 12.0. The molecular formula is C19H20ClN3O4. The zero-order valence-electron chi connectivity index (χ0n) is 14.8. The second-order valence-electron chi connectivity index (χ2n) is 5.48. The number of hydrogen-bond acceptors (Lipinski definition) is 5. The highest BCUT2D eigenvalue weighted by Gasteiger charge is 2.08. The summed E-state index contributed by atoms with van der Waals surface area (Å²) in [4.78, 5) is 23.6. The first-order valence-electron chi connectivity index (χ1n) is 8.02. The first-order chi connectivity index (χ1) is 13.0. The molecule has 0 unspecified atom stereocenters. The van der Waals surface area contributed by atoms with Gasteiger partial charge in [-0.3, -0.25) is 4.79 Å². The summed E-state index contributed by atoms with van der Waals surface area (Å²) in [5, 5.41) is 3.09. The average Bonchev–Trinajstić information content (AvgIpc) is 2.67. The number of amides is 2. The van der Waals surface area contributed by atoms with Gasteiger partial charge in [-0.05, 0) is 29.8 Å². The van der Waals surface area contributed by atoms with E-state index in [0.29, 0.717) is 16.4 Å². The van der Waals surface area contributed by atoms with E-state index in [1.54, 1.807) is 55.6 Å². The fourth-order valence-corrected chi connectivity index (χ4v) is 2.22. The summed E-state index contributed by atoms with van der Waals surface area (Å²) < 4.78 is 10.1. The summed E-state index contributed by atoms with van der Waals surface area (Å²) in [6.07, 6.45) is -0.747. The highest BCUT2D eigenvalue weighted by molar-refractivity contribution is 6.33. The summed E-state index contributed by atoms with van der Waals surface area (Å²) in [6, 6.07) is 14.0. The molecule has 0 aliphatic carbocycles. The molecule has 2 aromatic rings. The topological polar surface area (TPSA) is 88.7 Å². The molecule has 2 rings (SSSR count). The summed E-state index contributed by atoms with van der Waals surface area (Å²) >= 11 is 5.98. The van der Waals surface area contributed by atoms with Gasteiger partial charge in [0.25, 0.3) is 0 Å². The second-order valence-corrected chi connectivity index (χ2v) is 5.89. The Bertz CT molecular complexity index is 809. The van der Waals surface area contributed by atoms with Crippen molar-refractivity contribution in [3.8, 4) is 5.75 Å². The molecule has 7 nitrogen and oxygen atoms in total. The molecule has 0 aliphatic rings. The van der Waals surface area contributed by atoms with Crippen LogP contribution in [0.15, 0.2) is 60.8 Å². The first-order valence-corrected chi connectivity index (χ1v) is 8.39. The largest absolute Gasteiger partial charge is 0.497 e. The van der Waals surface area contributed by atoms with Gasteiger partial charge in [0, 0.05) is 5.70 Å². The van der Waals surface area contributed by atoms with E-state index in [1.807, 2.05) is 0 Å². The van der Waals surface area contributed by atoms with Crippen LogP contribution in [0.3, 0.4) is 0 Å². The SMILES string of the molecule is C=C(CC(=O)Nc1ccccc1Cl)NNC(=O)OCc1ccc(OC)cc1. The predicted octanol–water partition coefficient (Wildman–Crippen LogP) is 3.62. The Morgan fingerprint density at radius 2 is 1.78 bits per heavy atom. The van der Waals surface area contributed by atoms with Crippen molar-refractivity contribution in [1.82, 2.24) is 10.9 Å². The Morgan fingerprint density at radius 1 is 1.07 bits per heavy atom. The minimum atomic E-state index is -0.696. The van der Waals surface area contributed by atoms with E-state index in [9.17, 15) is 9.59 Å². The number of halogens is 1. The van der Waals surface area contributed by atoms with Crippen LogP contribution in [0, 0.1) is 0 Å². The quantitative estimate of drug-likeness (QED) is 0.600. The van der Waals surface area contributed by atoms with Crippen LogP contribution in [0.5, 0.6) is 5.75 Å². The van der Waals surface area contributed by atoms with E-state index < -0.39 is 6.09 Å². The molecule has 0 aliphatic heterocycles. The molecule has 0 spiro atoms. The van der Waals surface area contributed by atoms with Crippen molar-refractivity contribution in [2.24, 2.45) is 0 Å². The molecule has 0 radical (unpaired) electrons. The molecule has 0 saturated carbocycles. The van der Waals surface area contributed by atoms with Crippen LogP contribution in [0.2, 0.25) is 5.02 Å². The summed E-state index contributed by atoms with van der Waals surface area (Å²) in [6.45, 7) is 3.77. The minimum absolute atomic E-state index is 0.0516. The lowest BCUT2D eigenvalue weighted by atomic mass is 10.2. The lowest BCUT2D eigenvalue weighted by Crippen LogP contribution is -2.37. The highest BCUT2D eigenvalue weighted by Crippen LogP contribution is 2.20. The molecule has 27 heavy (non-hydrogen) atoms. The van der Waals surface area contributed by atoms with Crippen LogP contribution in [-0.4, -0.2) is 19.1 Å². The number of methoxy groups -OCH3 is 1. The average molecular weight is 390 g/mol. The van der Waals surface area contributed by atoms with Crippen molar-refractivity contribution in [3.63, 3.8) is 0 Å². The Morgan fingerprint density at radius 3 is 2.44 bits per heavy atom. The molecule has 0 atom stereocenters. The number of para-hydroxylation sites is 1. The van der Waals surface area contributed by atoms with Gasteiger partial charge in [0.05, 0.1) is 24.2 Å². The van der Waals surface area contributed by atoms with E-state index in [-0.39, 0.29) is 18.9 Å². The zero-order valence-corrected chi connectivity index (χ0v) is 15.5. The van der Waals surface area contributed by atoms with E-state index in [0.717, 1.165) is 11.3 Å². The minimum Gasteiger partial charge on any atom is -0.497 e. The Kier molecular flexibility index (Phi) is 7.51. The summed E-state index contributed by atoms with van der Waals surface area (Å²) in [5.41, 5.74) is 6.46. The van der Waals surface area contributed by atoms with Crippen molar-refractivity contribution < 1.29 is 19.1 Å². The molecule has 0 aromatic heterocycles. The van der Waals surface area contributed by atoms with Gasteiger partial charge in [-0.25, -0.2) is 10.2 Å². The van der Waals surface area contributed by atoms with E-state index >= 15 is 0 Å². The Hall–Kier alpha value is -3.19. The predicted molar refractivity (Wildman–Crippen MR) is 103 cm³/mol. The fourth-order valence-electron chi connectivity index (χ4n) is 2.04. The molecule has 142 valence electrons. The molecule has 8 heteroatoms. The van der Waals surface area contributed by atoms with Crippen LogP contribution < -0.4 is 20.9 Å². The molecule has 3 N–H and O–H groups in total. The number of carbonyl (C=O) groups is 2. The van der Waals surface area contributed by atoms with Crippen molar-refractivity contribution in [3.05, 3.63) is 71.4 Å². The van der Waals surface area contributed by atoms with Crippen molar-refractivity contribution in [1.29, 1.82) is 0 Å². The van der Waals surface area contributed by atoms with Crippen LogP contribution in [0.4, 0.5) is 10.5 Å². The number of benzene rings is 2. The van der Waals surface area contributed by atoms with Gasteiger partial charge >= 0.3 is 6.09 Å². The van der Waals surface area contributed by atoms with E-state index in [4.69, 9.17) is 21.1 Å². The van der Waals surface area contributed by atoms with Crippen molar-refractivity contribution >= 4 is 29.3 Å². The van der Waals surface area contributed by atoms with Gasteiger partial charge in [0.1, 0.15) is 12.4 Å². The second kappa shape index (κ2) is 10.1. The van der Waals surface area contributed by atoms with Gasteiger partial charge in [-0.1, -0.05) is 42.4 Å². The van der Waals surface area contributed by atoms with Crippen LogP contribution >= 0.6 is 11.6 Å². The number of nitrogens with one attached hydrogen (secondary N) is 3. The van der Waals surface area contributed by atoms with Crippen molar-refractivity contribution in [2.75, 3.05) is 12.4 Å². The van der Waals surface area contributed by atoms with Gasteiger partial charge in [-0.2, -0.15) is 0 Å². The summed E-state index contributed by atoms with van der Waals surface area (Å²) in [7, 11) is 1.58. The number of rotatable bonds is 8. The number of carbonyl (C=O) groups excluding carboxylic acids is 2. The van der Waals surface area contributed by atoms with Gasteiger partial charge in [-0.15, -0.1) is 0 Å². The third-order valence-electron chi connectivity index (χ3n) is 3.39. The lowest BCUT2D eigenvalue weighted by Gasteiger charge is -2.12. The van der Waals surface area contributed by atoms with Gasteiger partial charge in [0.2, 0.25) is 5.91 Å². The monoisotopic (exact) mass is 389 g/mol. The molecule has 2 aromatic carbocycles. The molecule has 2 amide bonds. The number of anilines is 1. The lowest BCUT2D eigenvalue weighted by molar-refractivity contribution is -0.115. The maximum absolute atomic E-state index is 12.0. The van der Waals surface area contributed by atoms with E-state index in [1.165, 1.54) is 0 Å². The van der Waals surface area contributed by atoms with Gasteiger partial charge in [0.15, 0.2) is 0 Å². The molecule has 0 fully saturated rings. The smallest absolute Gasteiger partial charge is 0.426 e. The van der Waals surface area contributed by atoms with Crippen LogP contribution in [0.25, 0.3) is 0 Å². The zero-order chi connectivity index (χ0) is 19.6. The Balaban J connectivity index is 1.68. The third kappa shape index (κ3) is 6.91. The first kappa shape index (κ1) is 20.1.